The van der Waals surface area contributed by atoms with Gasteiger partial charge in [0.25, 0.3) is 5.91 Å². The summed E-state index contributed by atoms with van der Waals surface area (Å²) in [7, 11) is 1.27. The number of pyridine rings is 2. The summed E-state index contributed by atoms with van der Waals surface area (Å²) in [6, 6.07) is 26.1. The van der Waals surface area contributed by atoms with E-state index < -0.39 is 58.9 Å². The Balaban J connectivity index is 1.43. The molecule has 3 heterocycles. The molecule has 2 aromatic carbocycles. The Morgan fingerprint density at radius 3 is 2.23 bits per heavy atom. The van der Waals surface area contributed by atoms with E-state index in [1.165, 1.54) is 12.0 Å². The fourth-order valence-corrected chi connectivity index (χ4v) is 7.71. The van der Waals surface area contributed by atoms with Crippen LogP contribution in [0.2, 0.25) is 0 Å². The van der Waals surface area contributed by atoms with Gasteiger partial charge in [-0.2, -0.15) is 0 Å². The lowest BCUT2D eigenvalue weighted by Gasteiger charge is -2.39. The topological polar surface area (TPSA) is 183 Å². The van der Waals surface area contributed by atoms with Gasteiger partial charge in [0.1, 0.15) is 12.6 Å². The average Bonchev–Trinajstić information content (AvgIpc) is 3.48. The second kappa shape index (κ2) is 20.4. The second-order valence-electron chi connectivity index (χ2n) is 17.5. The van der Waals surface area contributed by atoms with Gasteiger partial charge in [-0.3, -0.25) is 29.3 Å². The molecule has 1 saturated heterocycles. The zero-order valence-corrected chi connectivity index (χ0v) is 36.2. The van der Waals surface area contributed by atoms with Crippen LogP contribution in [0.15, 0.2) is 97.2 Å². The highest BCUT2D eigenvalue weighted by Crippen LogP contribution is 2.32. The van der Waals surface area contributed by atoms with E-state index >= 15 is 0 Å². The lowest BCUT2D eigenvalue weighted by Crippen LogP contribution is -2.59. The maximum absolute atomic E-state index is 14.8. The van der Waals surface area contributed by atoms with Crippen LogP contribution in [-0.4, -0.2) is 99.7 Å². The van der Waals surface area contributed by atoms with Gasteiger partial charge in [0.05, 0.1) is 37.2 Å². The highest BCUT2D eigenvalue weighted by molar-refractivity contribution is 6.04. The number of carbonyl (C=O) groups is 5. The van der Waals surface area contributed by atoms with Gasteiger partial charge < -0.3 is 30.7 Å². The number of methoxy groups -OCH3 is 1. The molecule has 61 heavy (non-hydrogen) atoms. The maximum atomic E-state index is 14.8. The molecule has 4 aromatic rings. The molecule has 4 atom stereocenters. The van der Waals surface area contributed by atoms with Crippen LogP contribution in [0.25, 0.3) is 11.3 Å². The highest BCUT2D eigenvalue weighted by atomic mass is 16.5. The average molecular weight is 834 g/mol. The van der Waals surface area contributed by atoms with Crippen molar-refractivity contribution in [1.82, 2.24) is 35.7 Å². The number of aliphatic hydroxyl groups excluding tert-OH is 1. The summed E-state index contributed by atoms with van der Waals surface area (Å²) in [5, 5.41) is 20.9. The van der Waals surface area contributed by atoms with Crippen molar-refractivity contribution in [2.45, 2.75) is 91.5 Å². The SMILES string of the molecule is COC(=O)NCC(C)(C)CC(=O)NCCC(O)C(NC(=O)C(N1CC(=O)N(Cc2cccc(C)n2)C1=O)C(C)(C)C)C(Cc1ccc(-c2ccccn2)cc1)c1ccccc1. The lowest BCUT2D eigenvalue weighted by molar-refractivity contribution is -0.131. The quantitative estimate of drug-likeness (QED) is 0.0904. The number of rotatable bonds is 18. The molecule has 6 amide bonds. The molecule has 14 heteroatoms. The molecule has 1 fully saturated rings. The number of urea groups is 1. The smallest absolute Gasteiger partial charge is 0.406 e. The third-order valence-corrected chi connectivity index (χ3v) is 10.8. The van der Waals surface area contributed by atoms with Gasteiger partial charge in [-0.1, -0.05) is 101 Å². The number of aromatic nitrogens is 2. The number of hydrogen-bond acceptors (Lipinski definition) is 9. The Labute approximate surface area is 358 Å². The first-order valence-corrected chi connectivity index (χ1v) is 20.6. The number of carbonyl (C=O) groups excluding carboxylic acids is 5. The number of hydrogen-bond donors (Lipinski definition) is 4. The zero-order chi connectivity index (χ0) is 44.3. The normalized spacial score (nSPS) is 15.1. The first-order valence-electron chi connectivity index (χ1n) is 20.6. The number of benzene rings is 2. The maximum Gasteiger partial charge on any atom is 0.406 e. The number of aryl methyl sites for hydroxylation is 1. The molecule has 0 spiro atoms. The van der Waals surface area contributed by atoms with Crippen LogP contribution in [0.3, 0.4) is 0 Å². The number of aliphatic hydroxyl groups is 1. The van der Waals surface area contributed by atoms with Gasteiger partial charge >= 0.3 is 12.1 Å². The number of amides is 6. The van der Waals surface area contributed by atoms with Crippen LogP contribution in [0.4, 0.5) is 9.59 Å². The summed E-state index contributed by atoms with van der Waals surface area (Å²) in [5.41, 5.74) is 3.46. The monoisotopic (exact) mass is 833 g/mol. The molecule has 0 bridgehead atoms. The predicted molar refractivity (Wildman–Crippen MR) is 232 cm³/mol. The van der Waals surface area contributed by atoms with Crippen molar-refractivity contribution < 1.29 is 33.8 Å². The number of ether oxygens (including phenoxy) is 1. The van der Waals surface area contributed by atoms with Crippen LogP contribution in [0.1, 0.15) is 75.9 Å². The molecule has 5 rings (SSSR count). The van der Waals surface area contributed by atoms with Gasteiger partial charge in [0.2, 0.25) is 11.8 Å². The first kappa shape index (κ1) is 45.9. The minimum atomic E-state index is -1.17. The van der Waals surface area contributed by atoms with E-state index in [1.807, 2.05) is 126 Å². The fourth-order valence-electron chi connectivity index (χ4n) is 7.71. The summed E-state index contributed by atoms with van der Waals surface area (Å²) in [6.45, 7) is 11.0. The molecule has 0 saturated carbocycles. The highest BCUT2D eigenvalue weighted by Gasteiger charge is 2.48. The molecule has 2 aromatic heterocycles. The third kappa shape index (κ3) is 12.7. The lowest BCUT2D eigenvalue weighted by atomic mass is 9.81. The Morgan fingerprint density at radius 1 is 0.885 bits per heavy atom. The molecular formula is C47H59N7O7. The van der Waals surface area contributed by atoms with Crippen LogP contribution in [0, 0.1) is 17.8 Å². The van der Waals surface area contributed by atoms with E-state index in [0.29, 0.717) is 12.1 Å². The van der Waals surface area contributed by atoms with Crippen molar-refractivity contribution >= 4 is 29.8 Å². The van der Waals surface area contributed by atoms with Crippen LogP contribution >= 0.6 is 0 Å². The molecule has 324 valence electrons. The van der Waals surface area contributed by atoms with Gasteiger partial charge in [0.15, 0.2) is 0 Å². The molecule has 4 N–H and O–H groups in total. The Hall–Kier alpha value is -6.15. The Bertz CT molecular complexity index is 2120. The van der Waals surface area contributed by atoms with Gasteiger partial charge in [0, 0.05) is 42.9 Å². The largest absolute Gasteiger partial charge is 0.453 e. The predicted octanol–water partition coefficient (Wildman–Crippen LogP) is 5.78. The van der Waals surface area contributed by atoms with Crippen LogP contribution in [0.5, 0.6) is 0 Å². The Kier molecular flexibility index (Phi) is 15.4. The number of alkyl carbamates (subject to hydrolysis) is 1. The van der Waals surface area contributed by atoms with Crippen molar-refractivity contribution in [1.29, 1.82) is 0 Å². The standard InChI is InChI=1S/C47H59N7O7/c1-31-14-13-17-35(51-31)28-53-40(57)29-54(45(53)60)42(46(2,3)4)43(58)52-41(38(55)23-25-49-39(56)27-47(5,6)30-50-44(59)61-7)36(33-15-9-8-10-16-33)26-32-19-21-34(22-20-32)37-18-11-12-24-48-37/h8-22,24,36,38,41-42,55H,23,25-30H2,1-7H3,(H,49,56)(H,50,59)(H,52,58). The van der Waals surface area contributed by atoms with Crippen molar-refractivity contribution in [2.75, 3.05) is 26.7 Å². The van der Waals surface area contributed by atoms with Crippen molar-refractivity contribution in [3.05, 3.63) is 120 Å². The summed E-state index contributed by atoms with van der Waals surface area (Å²) in [4.78, 5) is 78.4. The van der Waals surface area contributed by atoms with E-state index in [1.54, 1.807) is 12.3 Å². The molecule has 0 aliphatic carbocycles. The number of nitrogens with zero attached hydrogens (tertiary/aromatic N) is 4. The van der Waals surface area contributed by atoms with Crippen LogP contribution < -0.4 is 16.0 Å². The Morgan fingerprint density at radius 2 is 1.59 bits per heavy atom. The summed E-state index contributed by atoms with van der Waals surface area (Å²) < 4.78 is 4.66. The molecule has 0 radical (unpaired) electrons. The van der Waals surface area contributed by atoms with Gasteiger partial charge in [-0.05, 0) is 66.0 Å². The molecule has 14 nitrogen and oxygen atoms in total. The van der Waals surface area contributed by atoms with E-state index in [2.05, 4.69) is 30.7 Å². The molecular weight excluding hydrogens is 775 g/mol. The summed E-state index contributed by atoms with van der Waals surface area (Å²) >= 11 is 0. The minimum absolute atomic E-state index is 0.0322. The van der Waals surface area contributed by atoms with Crippen LogP contribution in [-0.2, 0) is 32.1 Å². The summed E-state index contributed by atoms with van der Waals surface area (Å²) in [5.74, 6) is -1.71. The van der Waals surface area contributed by atoms with Gasteiger partial charge in [-0.15, -0.1) is 0 Å². The van der Waals surface area contributed by atoms with Crippen molar-refractivity contribution in [3.63, 3.8) is 0 Å². The second-order valence-corrected chi connectivity index (χ2v) is 17.5. The zero-order valence-electron chi connectivity index (χ0n) is 36.2. The van der Waals surface area contributed by atoms with E-state index in [0.717, 1.165) is 33.0 Å². The number of nitrogens with one attached hydrogen (secondary N) is 3. The fraction of sp³-hybridized carbons (Fsp3) is 0.426. The van der Waals surface area contributed by atoms with E-state index in [4.69, 9.17) is 0 Å². The number of imide groups is 1. The first-order chi connectivity index (χ1) is 29.0. The third-order valence-electron chi connectivity index (χ3n) is 10.8. The van der Waals surface area contributed by atoms with E-state index in [-0.39, 0.29) is 44.9 Å². The minimum Gasteiger partial charge on any atom is -0.453 e. The van der Waals surface area contributed by atoms with Gasteiger partial charge in [-0.25, -0.2) is 9.59 Å². The molecule has 1 aliphatic rings. The van der Waals surface area contributed by atoms with Crippen molar-refractivity contribution in [3.8, 4) is 11.3 Å². The van der Waals surface area contributed by atoms with E-state index in [9.17, 15) is 29.1 Å². The van der Waals surface area contributed by atoms with Crippen molar-refractivity contribution in [2.24, 2.45) is 10.8 Å². The summed E-state index contributed by atoms with van der Waals surface area (Å²) in [6.07, 6.45) is 0.578. The molecule has 1 aliphatic heterocycles. The molecule has 4 unspecified atom stereocenters.